The number of carbonyl (C=O) groups excluding carboxylic acids is 1. The fraction of sp³-hybridized carbons (Fsp3) is 0.588. The van der Waals surface area contributed by atoms with E-state index in [1.807, 2.05) is 18.2 Å². The molecule has 0 bridgehead atoms. The van der Waals surface area contributed by atoms with Gasteiger partial charge in [0.2, 0.25) is 0 Å². The highest BCUT2D eigenvalue weighted by Gasteiger charge is 2.40. The van der Waals surface area contributed by atoms with E-state index in [1.165, 1.54) is 0 Å². The van der Waals surface area contributed by atoms with Crippen molar-refractivity contribution in [2.75, 3.05) is 13.6 Å². The van der Waals surface area contributed by atoms with Gasteiger partial charge in [-0.15, -0.1) is 0 Å². The number of rotatable bonds is 4. The predicted octanol–water partition coefficient (Wildman–Crippen LogP) is 4.34. The molecule has 2 nitrogen and oxygen atoms in total. The second-order valence-corrected chi connectivity index (χ2v) is 7.03. The van der Waals surface area contributed by atoms with Gasteiger partial charge in [0.1, 0.15) is 5.78 Å². The quantitative estimate of drug-likeness (QED) is 0.823. The summed E-state index contributed by atoms with van der Waals surface area (Å²) >= 11 is 6.26. The summed E-state index contributed by atoms with van der Waals surface area (Å²) in [7, 11) is 2.08. The van der Waals surface area contributed by atoms with Gasteiger partial charge in [0.15, 0.2) is 0 Å². The first-order valence-corrected chi connectivity index (χ1v) is 7.69. The largest absolute Gasteiger partial charge is 0.299 e. The molecule has 0 aliphatic heterocycles. The van der Waals surface area contributed by atoms with Gasteiger partial charge in [-0.05, 0) is 38.4 Å². The second kappa shape index (κ2) is 5.87. The predicted molar refractivity (Wildman–Crippen MR) is 84.0 cm³/mol. The second-order valence-electron chi connectivity index (χ2n) is 6.62. The van der Waals surface area contributed by atoms with Crippen LogP contribution < -0.4 is 0 Å². The molecule has 1 aromatic carbocycles. The molecular weight excluding hydrogens is 270 g/mol. The maximum Gasteiger partial charge on any atom is 0.142 e. The van der Waals surface area contributed by atoms with Gasteiger partial charge in [-0.2, -0.15) is 0 Å². The molecule has 0 saturated heterocycles. The summed E-state index contributed by atoms with van der Waals surface area (Å²) in [4.78, 5) is 14.6. The molecule has 110 valence electrons. The Balaban J connectivity index is 2.04. The van der Waals surface area contributed by atoms with Crippen LogP contribution in [-0.4, -0.2) is 24.3 Å². The van der Waals surface area contributed by atoms with E-state index in [0.29, 0.717) is 5.78 Å². The van der Waals surface area contributed by atoms with E-state index in [-0.39, 0.29) is 17.4 Å². The van der Waals surface area contributed by atoms with Crippen LogP contribution in [0.2, 0.25) is 5.02 Å². The van der Waals surface area contributed by atoms with Crippen molar-refractivity contribution in [3.05, 3.63) is 34.9 Å². The van der Waals surface area contributed by atoms with E-state index < -0.39 is 0 Å². The van der Waals surface area contributed by atoms with Gasteiger partial charge in [0.05, 0.1) is 0 Å². The van der Waals surface area contributed by atoms with E-state index in [1.54, 1.807) is 0 Å². The lowest BCUT2D eigenvalue weighted by atomic mass is 9.89. The van der Waals surface area contributed by atoms with Gasteiger partial charge in [0.25, 0.3) is 0 Å². The summed E-state index contributed by atoms with van der Waals surface area (Å²) in [5.41, 5.74) is 0.987. The van der Waals surface area contributed by atoms with Crippen molar-refractivity contribution in [3.8, 4) is 0 Å². The molecule has 20 heavy (non-hydrogen) atoms. The molecule has 0 radical (unpaired) electrons. The third-order valence-corrected chi connectivity index (χ3v) is 5.02. The Morgan fingerprint density at radius 1 is 1.40 bits per heavy atom. The molecular formula is C17H24ClNO. The topological polar surface area (TPSA) is 20.3 Å². The van der Waals surface area contributed by atoms with Crippen LogP contribution in [0.25, 0.3) is 0 Å². The molecule has 1 fully saturated rings. The van der Waals surface area contributed by atoms with Crippen molar-refractivity contribution in [2.45, 2.75) is 39.7 Å². The van der Waals surface area contributed by atoms with Gasteiger partial charge < -0.3 is 0 Å². The maximum atomic E-state index is 12.3. The molecule has 0 heterocycles. The lowest BCUT2D eigenvalue weighted by Gasteiger charge is -2.28. The molecule has 1 saturated carbocycles. The Labute approximate surface area is 127 Å². The molecule has 0 N–H and O–H groups in total. The number of benzene rings is 1. The first-order valence-electron chi connectivity index (χ1n) is 7.32. The number of carbonyl (C=O) groups is 1. The third-order valence-electron chi connectivity index (χ3n) is 4.68. The lowest BCUT2D eigenvalue weighted by molar-refractivity contribution is -0.128. The van der Waals surface area contributed by atoms with E-state index in [9.17, 15) is 4.79 Å². The Bertz CT molecular complexity index is 498. The van der Waals surface area contributed by atoms with E-state index in [4.69, 9.17) is 11.6 Å². The fourth-order valence-corrected chi connectivity index (χ4v) is 3.37. The zero-order valence-electron chi connectivity index (χ0n) is 12.8. The van der Waals surface area contributed by atoms with Crippen LogP contribution in [0, 0.1) is 11.3 Å². The van der Waals surface area contributed by atoms with Gasteiger partial charge in [-0.25, -0.2) is 0 Å². The normalized spacial score (nSPS) is 23.3. The van der Waals surface area contributed by atoms with Gasteiger partial charge in [-0.1, -0.05) is 43.6 Å². The fourth-order valence-electron chi connectivity index (χ4n) is 3.07. The van der Waals surface area contributed by atoms with Crippen molar-refractivity contribution < 1.29 is 4.79 Å². The Hall–Kier alpha value is -0.860. The first-order chi connectivity index (χ1) is 9.33. The summed E-state index contributed by atoms with van der Waals surface area (Å²) in [5.74, 6) is 0.579. The van der Waals surface area contributed by atoms with Gasteiger partial charge in [-0.3, -0.25) is 9.69 Å². The minimum atomic E-state index is -0.140. The average Bonchev–Trinajstić information content (AvgIpc) is 2.65. The van der Waals surface area contributed by atoms with Crippen molar-refractivity contribution in [1.82, 2.24) is 4.90 Å². The molecule has 1 aromatic rings. The number of hydrogen-bond donors (Lipinski definition) is 0. The van der Waals surface area contributed by atoms with Crippen molar-refractivity contribution in [3.63, 3.8) is 0 Å². The zero-order chi connectivity index (χ0) is 14.9. The number of halogens is 1. The van der Waals surface area contributed by atoms with E-state index in [0.717, 1.165) is 30.0 Å². The van der Waals surface area contributed by atoms with E-state index in [2.05, 4.69) is 38.8 Å². The molecule has 2 atom stereocenters. The van der Waals surface area contributed by atoms with Crippen molar-refractivity contribution in [2.24, 2.45) is 11.3 Å². The molecule has 2 unspecified atom stereocenters. The van der Waals surface area contributed by atoms with Crippen molar-refractivity contribution >= 4 is 17.4 Å². The highest BCUT2D eigenvalue weighted by atomic mass is 35.5. The molecule has 3 heteroatoms. The Kier molecular flexibility index (Phi) is 4.55. The highest BCUT2D eigenvalue weighted by Crippen LogP contribution is 2.38. The van der Waals surface area contributed by atoms with E-state index >= 15 is 0 Å². The first kappa shape index (κ1) is 15.5. The van der Waals surface area contributed by atoms with Crippen LogP contribution in [-0.2, 0) is 4.79 Å². The summed E-state index contributed by atoms with van der Waals surface area (Å²) in [6, 6.07) is 8.16. The molecule has 2 rings (SSSR count). The van der Waals surface area contributed by atoms with Crippen LogP contribution in [0.4, 0.5) is 0 Å². The van der Waals surface area contributed by atoms with Gasteiger partial charge >= 0.3 is 0 Å². The molecule has 1 aliphatic carbocycles. The maximum absolute atomic E-state index is 12.3. The van der Waals surface area contributed by atoms with Crippen LogP contribution in [0.15, 0.2) is 24.3 Å². The summed E-state index contributed by atoms with van der Waals surface area (Å²) in [6.07, 6.45) is 2.01. The van der Waals surface area contributed by atoms with Crippen LogP contribution in [0.3, 0.4) is 0 Å². The number of hydrogen-bond acceptors (Lipinski definition) is 2. The smallest absolute Gasteiger partial charge is 0.142 e. The zero-order valence-corrected chi connectivity index (χ0v) is 13.6. The van der Waals surface area contributed by atoms with Crippen LogP contribution in [0.1, 0.15) is 45.2 Å². The molecule has 0 aromatic heterocycles. The highest BCUT2D eigenvalue weighted by molar-refractivity contribution is 6.31. The number of ketones is 1. The molecule has 0 spiro atoms. The molecule has 0 amide bonds. The standard InChI is InChI=1S/C17H24ClNO/c1-12(14-7-5-6-8-15(14)18)19(4)11-13-9-10-17(2,3)16(13)20/h5-8,12-13H,9-11H2,1-4H3. The van der Waals surface area contributed by atoms with Gasteiger partial charge in [0, 0.05) is 28.9 Å². The minimum absolute atomic E-state index is 0.140. The van der Waals surface area contributed by atoms with Crippen LogP contribution >= 0.6 is 11.6 Å². The number of Topliss-reactive ketones (excluding diaryl/α,β-unsaturated/α-hetero) is 1. The van der Waals surface area contributed by atoms with Crippen LogP contribution in [0.5, 0.6) is 0 Å². The Morgan fingerprint density at radius 3 is 2.60 bits per heavy atom. The molecule has 1 aliphatic rings. The third kappa shape index (κ3) is 3.07. The monoisotopic (exact) mass is 293 g/mol. The summed E-state index contributed by atoms with van der Waals surface area (Å²) in [5, 5.41) is 0.796. The summed E-state index contributed by atoms with van der Waals surface area (Å²) in [6.45, 7) is 7.08. The van der Waals surface area contributed by atoms with Crippen molar-refractivity contribution in [1.29, 1.82) is 0 Å². The average molecular weight is 294 g/mol. The minimum Gasteiger partial charge on any atom is -0.299 e. The number of nitrogens with zero attached hydrogens (tertiary/aromatic N) is 1. The SMILES string of the molecule is CC(c1ccccc1Cl)N(C)CC1CCC(C)(C)C1=O. The Morgan fingerprint density at radius 2 is 2.05 bits per heavy atom. The lowest BCUT2D eigenvalue weighted by Crippen LogP contribution is -2.33. The summed E-state index contributed by atoms with van der Waals surface area (Å²) < 4.78 is 0.